The molecular weight excluding hydrogens is 396 g/mol. The highest BCUT2D eigenvalue weighted by molar-refractivity contribution is 7.12. The largest absolute Gasteiger partial charge is 0.394 e. The van der Waals surface area contributed by atoms with Gasteiger partial charge in [-0.3, -0.25) is 4.90 Å². The Hall–Kier alpha value is -1.54. The number of aliphatic hydroxyl groups excluding tert-OH is 1. The zero-order chi connectivity index (χ0) is 21.4. The van der Waals surface area contributed by atoms with Crippen molar-refractivity contribution in [3.63, 3.8) is 0 Å². The number of hydrogen-bond acceptors (Lipinski definition) is 7. The lowest BCUT2D eigenvalue weighted by atomic mass is 9.79. The molecule has 0 saturated carbocycles. The van der Waals surface area contributed by atoms with Crippen LogP contribution >= 0.6 is 11.3 Å². The summed E-state index contributed by atoms with van der Waals surface area (Å²) < 4.78 is 6.46. The van der Waals surface area contributed by atoms with Crippen molar-refractivity contribution in [1.29, 1.82) is 0 Å². The van der Waals surface area contributed by atoms with E-state index >= 15 is 0 Å². The number of nitrogens with zero attached hydrogens (tertiary/aromatic N) is 3. The summed E-state index contributed by atoms with van der Waals surface area (Å²) in [6.07, 6.45) is 8.02. The SMILES string of the molecule is CCc1cc2c(s1)CCO[C@@]21CCN(Cc2cnc(NC(C)(C)CO)nc2)[C@@H](C)C1. The molecule has 4 heterocycles. The molecule has 6 nitrogen and oxygen atoms in total. The predicted octanol–water partition coefficient (Wildman–Crippen LogP) is 3.74. The summed E-state index contributed by atoms with van der Waals surface area (Å²) in [5.41, 5.74) is 2.04. The summed E-state index contributed by atoms with van der Waals surface area (Å²) >= 11 is 1.98. The normalized spacial score (nSPS) is 24.8. The van der Waals surface area contributed by atoms with Gasteiger partial charge in [-0.15, -0.1) is 11.3 Å². The van der Waals surface area contributed by atoms with Gasteiger partial charge in [-0.25, -0.2) is 9.97 Å². The zero-order valence-corrected chi connectivity index (χ0v) is 19.4. The van der Waals surface area contributed by atoms with E-state index in [0.717, 1.165) is 50.9 Å². The van der Waals surface area contributed by atoms with E-state index in [2.05, 4.69) is 40.1 Å². The fourth-order valence-electron chi connectivity index (χ4n) is 4.59. The van der Waals surface area contributed by atoms with Crippen molar-refractivity contribution in [3.8, 4) is 0 Å². The molecule has 0 aliphatic carbocycles. The number of aliphatic hydroxyl groups is 1. The molecule has 30 heavy (non-hydrogen) atoms. The van der Waals surface area contributed by atoms with Gasteiger partial charge in [0.25, 0.3) is 0 Å². The number of anilines is 1. The third-order valence-electron chi connectivity index (χ3n) is 6.39. The summed E-state index contributed by atoms with van der Waals surface area (Å²) in [5.74, 6) is 0.552. The predicted molar refractivity (Wildman–Crippen MR) is 121 cm³/mol. The summed E-state index contributed by atoms with van der Waals surface area (Å²) in [5, 5.41) is 12.6. The third kappa shape index (κ3) is 4.40. The van der Waals surface area contributed by atoms with Gasteiger partial charge in [0.15, 0.2) is 0 Å². The maximum Gasteiger partial charge on any atom is 0.223 e. The second kappa shape index (κ2) is 8.54. The van der Waals surface area contributed by atoms with Gasteiger partial charge in [-0.2, -0.15) is 0 Å². The lowest BCUT2D eigenvalue weighted by molar-refractivity contribution is -0.112. The highest BCUT2D eigenvalue weighted by Crippen LogP contribution is 2.46. The molecule has 2 aromatic rings. The first kappa shape index (κ1) is 21.7. The number of fused-ring (bicyclic) bond motifs is 2. The Morgan fingerprint density at radius 1 is 1.37 bits per heavy atom. The Labute approximate surface area is 183 Å². The number of nitrogens with one attached hydrogen (secondary N) is 1. The van der Waals surface area contributed by atoms with Gasteiger partial charge in [0.05, 0.1) is 24.4 Å². The molecule has 4 rings (SSSR count). The van der Waals surface area contributed by atoms with Crippen LogP contribution in [0, 0.1) is 0 Å². The number of aromatic nitrogens is 2. The van der Waals surface area contributed by atoms with Crippen LogP contribution in [-0.4, -0.2) is 51.3 Å². The van der Waals surface area contributed by atoms with E-state index in [1.54, 1.807) is 4.88 Å². The van der Waals surface area contributed by atoms with Crippen molar-refractivity contribution in [2.45, 2.75) is 77.1 Å². The maximum atomic E-state index is 9.40. The van der Waals surface area contributed by atoms with E-state index in [0.29, 0.717) is 12.0 Å². The van der Waals surface area contributed by atoms with Crippen LogP contribution in [0.2, 0.25) is 0 Å². The van der Waals surface area contributed by atoms with E-state index in [9.17, 15) is 5.11 Å². The molecular formula is C23H34N4O2S. The standard InChI is InChI=1S/C23H34N4O2S/c1-5-18-10-19-20(30-18)6-9-29-23(19)7-8-27(16(2)11-23)14-17-12-24-21(25-13-17)26-22(3,4)15-28/h10,12-13,16,28H,5-9,11,14-15H2,1-4H3,(H,24,25,26)/t16-,23+/m0/s1. The number of likely N-dealkylation sites (tertiary alicyclic amines) is 1. The van der Waals surface area contributed by atoms with Gasteiger partial charge in [-0.1, -0.05) is 6.92 Å². The quantitative estimate of drug-likeness (QED) is 0.728. The van der Waals surface area contributed by atoms with Crippen LogP contribution in [0.3, 0.4) is 0 Å². The highest BCUT2D eigenvalue weighted by Gasteiger charge is 2.44. The minimum Gasteiger partial charge on any atom is -0.394 e. The van der Waals surface area contributed by atoms with E-state index in [1.165, 1.54) is 10.4 Å². The Kier molecular flexibility index (Phi) is 6.17. The molecule has 0 radical (unpaired) electrons. The molecule has 1 saturated heterocycles. The van der Waals surface area contributed by atoms with Gasteiger partial charge in [0, 0.05) is 53.3 Å². The lowest BCUT2D eigenvalue weighted by Crippen LogP contribution is -2.50. The van der Waals surface area contributed by atoms with Gasteiger partial charge >= 0.3 is 0 Å². The molecule has 1 spiro atoms. The summed E-state index contributed by atoms with van der Waals surface area (Å²) in [6.45, 7) is 11.1. The molecule has 2 aliphatic rings. The second-order valence-electron chi connectivity index (χ2n) is 9.35. The monoisotopic (exact) mass is 430 g/mol. The van der Waals surface area contributed by atoms with Gasteiger partial charge in [-0.05, 0) is 51.7 Å². The van der Waals surface area contributed by atoms with Crippen LogP contribution in [0.5, 0.6) is 0 Å². The molecule has 0 bridgehead atoms. The molecule has 2 atom stereocenters. The van der Waals surface area contributed by atoms with Gasteiger partial charge in [0.1, 0.15) is 0 Å². The Bertz CT molecular complexity index is 867. The molecule has 0 unspecified atom stereocenters. The Balaban J connectivity index is 1.42. The van der Waals surface area contributed by atoms with Gasteiger partial charge < -0.3 is 15.2 Å². The fourth-order valence-corrected chi connectivity index (χ4v) is 5.77. The number of aryl methyl sites for hydroxylation is 1. The molecule has 2 N–H and O–H groups in total. The maximum absolute atomic E-state index is 9.40. The summed E-state index contributed by atoms with van der Waals surface area (Å²) in [7, 11) is 0. The third-order valence-corrected chi connectivity index (χ3v) is 7.73. The Morgan fingerprint density at radius 3 is 2.80 bits per heavy atom. The highest BCUT2D eigenvalue weighted by atomic mass is 32.1. The Morgan fingerprint density at radius 2 is 2.13 bits per heavy atom. The molecule has 7 heteroatoms. The molecule has 0 aromatic carbocycles. The number of thiophene rings is 1. The van der Waals surface area contributed by atoms with Crippen molar-refractivity contribution in [1.82, 2.24) is 14.9 Å². The average molecular weight is 431 g/mol. The van der Waals surface area contributed by atoms with Crippen LogP contribution < -0.4 is 5.32 Å². The first-order valence-electron chi connectivity index (χ1n) is 11.0. The van der Waals surface area contributed by atoms with Crippen LogP contribution in [0.15, 0.2) is 18.5 Å². The van der Waals surface area contributed by atoms with Crippen LogP contribution in [0.4, 0.5) is 5.95 Å². The van der Waals surface area contributed by atoms with E-state index in [1.807, 2.05) is 37.6 Å². The molecule has 2 aliphatic heterocycles. The first-order chi connectivity index (χ1) is 14.3. The van der Waals surface area contributed by atoms with Gasteiger partial charge in [0.2, 0.25) is 5.95 Å². The summed E-state index contributed by atoms with van der Waals surface area (Å²) in [6, 6.07) is 2.84. The topological polar surface area (TPSA) is 70.5 Å². The minimum absolute atomic E-state index is 0.0266. The summed E-state index contributed by atoms with van der Waals surface area (Å²) in [4.78, 5) is 14.4. The molecule has 164 valence electrons. The number of piperidine rings is 1. The number of hydrogen-bond donors (Lipinski definition) is 2. The smallest absolute Gasteiger partial charge is 0.223 e. The number of ether oxygens (including phenoxy) is 1. The molecule has 0 amide bonds. The van der Waals surface area contributed by atoms with Crippen molar-refractivity contribution in [3.05, 3.63) is 39.3 Å². The lowest BCUT2D eigenvalue weighted by Gasteiger charge is -2.47. The minimum atomic E-state index is -0.435. The van der Waals surface area contributed by atoms with E-state index in [-0.39, 0.29) is 12.2 Å². The average Bonchev–Trinajstić information content (AvgIpc) is 3.17. The van der Waals surface area contributed by atoms with Crippen molar-refractivity contribution < 1.29 is 9.84 Å². The van der Waals surface area contributed by atoms with Crippen LogP contribution in [0.1, 0.15) is 61.4 Å². The molecule has 2 aromatic heterocycles. The molecule has 1 fully saturated rings. The fraction of sp³-hybridized carbons (Fsp3) is 0.652. The van der Waals surface area contributed by atoms with Crippen molar-refractivity contribution >= 4 is 17.3 Å². The zero-order valence-electron chi connectivity index (χ0n) is 18.6. The van der Waals surface area contributed by atoms with Crippen molar-refractivity contribution in [2.24, 2.45) is 0 Å². The van der Waals surface area contributed by atoms with E-state index < -0.39 is 5.54 Å². The van der Waals surface area contributed by atoms with Crippen LogP contribution in [0.25, 0.3) is 0 Å². The first-order valence-corrected chi connectivity index (χ1v) is 11.9. The van der Waals surface area contributed by atoms with Crippen molar-refractivity contribution in [2.75, 3.05) is 25.1 Å². The van der Waals surface area contributed by atoms with E-state index in [4.69, 9.17) is 4.74 Å². The van der Waals surface area contributed by atoms with Crippen LogP contribution in [-0.2, 0) is 29.7 Å². The number of rotatable bonds is 6. The second-order valence-corrected chi connectivity index (χ2v) is 10.6.